The van der Waals surface area contributed by atoms with Gasteiger partial charge in [0.15, 0.2) is 12.5 Å². The molecule has 2 atom stereocenters. The molecule has 0 radical (unpaired) electrons. The quantitative estimate of drug-likeness (QED) is 0.646. The second-order valence-corrected chi connectivity index (χ2v) is 7.17. The van der Waals surface area contributed by atoms with Gasteiger partial charge in [0, 0.05) is 18.7 Å². The Hall–Kier alpha value is -2.75. The number of carboxylic acids is 1. The van der Waals surface area contributed by atoms with Crippen LogP contribution in [0.5, 0.6) is 0 Å². The molecule has 0 spiro atoms. The van der Waals surface area contributed by atoms with Gasteiger partial charge in [-0.25, -0.2) is 19.2 Å². The molecular formula is C17H22FN3O6. The normalized spacial score (nSPS) is 21.1. The van der Waals surface area contributed by atoms with Gasteiger partial charge in [0.1, 0.15) is 17.6 Å². The summed E-state index contributed by atoms with van der Waals surface area (Å²) in [6.07, 6.45) is 0.265. The van der Waals surface area contributed by atoms with E-state index in [1.54, 1.807) is 20.8 Å². The van der Waals surface area contributed by atoms with E-state index in [1.165, 1.54) is 5.01 Å². The number of rotatable bonds is 6. The Balaban J connectivity index is 2.30. The molecule has 2 aliphatic rings. The number of amides is 2. The number of hydrogen-bond donors (Lipinski definition) is 2. The number of carbonyl (C=O) groups is 4. The van der Waals surface area contributed by atoms with Crippen LogP contribution >= 0.6 is 0 Å². The third kappa shape index (κ3) is 4.16. The van der Waals surface area contributed by atoms with Crippen molar-refractivity contribution in [2.45, 2.75) is 32.4 Å². The number of fused-ring (bicyclic) bond motifs is 1. The van der Waals surface area contributed by atoms with E-state index in [1.807, 2.05) is 0 Å². The lowest BCUT2D eigenvalue weighted by atomic mass is 9.98. The highest BCUT2D eigenvalue weighted by molar-refractivity contribution is 6.01. The van der Waals surface area contributed by atoms with Gasteiger partial charge in [0.25, 0.3) is 5.91 Å². The number of Topliss-reactive ketones (excluding diaryl/α,β-unsaturated/α-hetero) is 1. The Bertz CT molecular complexity index is 727. The third-order valence-electron chi connectivity index (χ3n) is 4.01. The van der Waals surface area contributed by atoms with Crippen LogP contribution < -0.4 is 5.32 Å². The maximum Gasteiger partial charge on any atom is 0.408 e. The second-order valence-electron chi connectivity index (χ2n) is 7.17. The molecule has 0 aromatic carbocycles. The lowest BCUT2D eigenvalue weighted by Gasteiger charge is -2.24. The van der Waals surface area contributed by atoms with Crippen LogP contribution in [0, 0.1) is 5.92 Å². The first-order valence-electron chi connectivity index (χ1n) is 8.26. The Morgan fingerprint density at radius 1 is 1.44 bits per heavy atom. The number of carbonyl (C=O) groups excluding carboxylic acids is 3. The molecule has 1 fully saturated rings. The average molecular weight is 383 g/mol. The van der Waals surface area contributed by atoms with E-state index in [0.717, 1.165) is 11.1 Å². The summed E-state index contributed by atoms with van der Waals surface area (Å²) >= 11 is 0. The number of nitrogens with one attached hydrogen (secondary N) is 1. The SMILES string of the molecule is C=CC(C(=O)O)C1=C(C(=O)CF)CN2C[C@H](NC(=O)OC(C)(C)C)C(=O)N12. The summed E-state index contributed by atoms with van der Waals surface area (Å²) < 4.78 is 18.0. The van der Waals surface area contributed by atoms with Crippen LogP contribution in [0.25, 0.3) is 0 Å². The summed E-state index contributed by atoms with van der Waals surface area (Å²) in [4.78, 5) is 48.1. The predicted molar refractivity (Wildman–Crippen MR) is 90.9 cm³/mol. The number of hydrazine groups is 1. The highest BCUT2D eigenvalue weighted by Crippen LogP contribution is 2.35. The Morgan fingerprint density at radius 2 is 2.07 bits per heavy atom. The van der Waals surface area contributed by atoms with Gasteiger partial charge in [0.2, 0.25) is 0 Å². The predicted octanol–water partition coefficient (Wildman–Crippen LogP) is 0.632. The molecule has 1 saturated heterocycles. The van der Waals surface area contributed by atoms with Crippen molar-refractivity contribution in [1.29, 1.82) is 0 Å². The zero-order valence-corrected chi connectivity index (χ0v) is 15.3. The lowest BCUT2D eigenvalue weighted by molar-refractivity contribution is -0.141. The van der Waals surface area contributed by atoms with Crippen LogP contribution in [0.2, 0.25) is 0 Å². The maximum absolute atomic E-state index is 12.9. The van der Waals surface area contributed by atoms with Crippen LogP contribution in [-0.2, 0) is 19.1 Å². The van der Waals surface area contributed by atoms with E-state index in [2.05, 4.69) is 11.9 Å². The van der Waals surface area contributed by atoms with E-state index in [4.69, 9.17) is 4.74 Å². The van der Waals surface area contributed by atoms with Gasteiger partial charge in [-0.3, -0.25) is 14.4 Å². The van der Waals surface area contributed by atoms with Crippen molar-refractivity contribution in [2.75, 3.05) is 19.8 Å². The molecule has 0 aromatic heterocycles. The van der Waals surface area contributed by atoms with Crippen LogP contribution in [0.4, 0.5) is 9.18 Å². The molecular weight excluding hydrogens is 361 g/mol. The first kappa shape index (κ1) is 20.6. The Labute approximate surface area is 155 Å². The Morgan fingerprint density at radius 3 is 2.56 bits per heavy atom. The minimum Gasteiger partial charge on any atom is -0.481 e. The zero-order valence-electron chi connectivity index (χ0n) is 15.3. The topological polar surface area (TPSA) is 116 Å². The van der Waals surface area contributed by atoms with E-state index in [0.29, 0.717) is 0 Å². The van der Waals surface area contributed by atoms with Gasteiger partial charge >= 0.3 is 12.1 Å². The maximum atomic E-state index is 12.9. The van der Waals surface area contributed by atoms with Crippen molar-refractivity contribution in [3.05, 3.63) is 23.9 Å². The van der Waals surface area contributed by atoms with Crippen molar-refractivity contribution in [2.24, 2.45) is 5.92 Å². The van der Waals surface area contributed by atoms with E-state index >= 15 is 0 Å². The van der Waals surface area contributed by atoms with Gasteiger partial charge < -0.3 is 15.2 Å². The molecule has 2 N–H and O–H groups in total. The van der Waals surface area contributed by atoms with E-state index in [-0.39, 0.29) is 24.4 Å². The highest BCUT2D eigenvalue weighted by Gasteiger charge is 2.49. The number of aliphatic carboxylic acids is 1. The molecule has 10 heteroatoms. The Kier molecular flexibility index (Phi) is 5.69. The summed E-state index contributed by atoms with van der Waals surface area (Å²) in [6.45, 7) is 6.99. The molecule has 2 aliphatic heterocycles. The fraction of sp³-hybridized carbons (Fsp3) is 0.529. The monoisotopic (exact) mass is 383 g/mol. The molecule has 0 saturated carbocycles. The van der Waals surface area contributed by atoms with Crippen LogP contribution in [-0.4, -0.2) is 70.3 Å². The number of nitrogens with zero attached hydrogens (tertiary/aromatic N) is 2. The van der Waals surface area contributed by atoms with Crippen LogP contribution in [0.3, 0.4) is 0 Å². The van der Waals surface area contributed by atoms with Crippen LogP contribution in [0.1, 0.15) is 20.8 Å². The summed E-state index contributed by atoms with van der Waals surface area (Å²) in [5, 5.41) is 14.2. The number of alkyl halides is 1. The minimum atomic E-state index is -1.37. The lowest BCUT2D eigenvalue weighted by Crippen LogP contribution is -2.45. The zero-order chi connectivity index (χ0) is 20.5. The second kappa shape index (κ2) is 7.47. The number of hydrogen-bond acceptors (Lipinski definition) is 6. The fourth-order valence-corrected chi connectivity index (χ4v) is 2.97. The molecule has 0 aliphatic carbocycles. The molecule has 9 nitrogen and oxygen atoms in total. The largest absolute Gasteiger partial charge is 0.481 e. The fourth-order valence-electron chi connectivity index (χ4n) is 2.97. The van der Waals surface area contributed by atoms with Gasteiger partial charge in [-0.05, 0) is 20.8 Å². The number of ether oxygens (including phenoxy) is 1. The third-order valence-corrected chi connectivity index (χ3v) is 4.01. The molecule has 2 rings (SSSR count). The number of ketones is 1. The number of halogens is 1. The van der Waals surface area contributed by atoms with Crippen molar-refractivity contribution in [3.63, 3.8) is 0 Å². The number of alkyl carbamates (subject to hydrolysis) is 1. The van der Waals surface area contributed by atoms with Crippen molar-refractivity contribution < 1.29 is 33.4 Å². The molecule has 27 heavy (non-hydrogen) atoms. The summed E-state index contributed by atoms with van der Waals surface area (Å²) in [5.41, 5.74) is -0.988. The van der Waals surface area contributed by atoms with E-state index in [9.17, 15) is 28.7 Å². The summed E-state index contributed by atoms with van der Waals surface area (Å²) in [6, 6.07) is -0.990. The summed E-state index contributed by atoms with van der Waals surface area (Å²) in [7, 11) is 0. The molecule has 148 valence electrons. The van der Waals surface area contributed by atoms with Gasteiger partial charge in [-0.1, -0.05) is 6.08 Å². The first-order valence-corrected chi connectivity index (χ1v) is 8.26. The van der Waals surface area contributed by atoms with E-state index < -0.39 is 48.0 Å². The smallest absolute Gasteiger partial charge is 0.408 e. The summed E-state index contributed by atoms with van der Waals surface area (Å²) in [5.74, 6) is -4.23. The van der Waals surface area contributed by atoms with Crippen LogP contribution in [0.15, 0.2) is 23.9 Å². The van der Waals surface area contributed by atoms with Crippen molar-refractivity contribution in [1.82, 2.24) is 15.3 Å². The minimum absolute atomic E-state index is 0.00583. The molecule has 2 amide bonds. The highest BCUT2D eigenvalue weighted by atomic mass is 19.1. The van der Waals surface area contributed by atoms with Gasteiger partial charge in [-0.15, -0.1) is 6.58 Å². The molecule has 0 bridgehead atoms. The standard InChI is InChI=1S/C17H22FN3O6/c1-5-9(15(24)25)13-10(12(22)6-18)7-20-8-11(14(23)21(13)20)19-16(26)27-17(2,3)4/h5,9,11H,1,6-8H2,2-4H3,(H,19,26)(H,24,25)/t9?,11-/m0/s1. The van der Waals surface area contributed by atoms with Gasteiger partial charge in [0.05, 0.1) is 5.70 Å². The van der Waals surface area contributed by atoms with Crippen molar-refractivity contribution >= 4 is 23.8 Å². The average Bonchev–Trinajstić information content (AvgIpc) is 3.03. The molecule has 2 heterocycles. The van der Waals surface area contributed by atoms with Crippen molar-refractivity contribution in [3.8, 4) is 0 Å². The molecule has 0 aromatic rings. The molecule has 1 unspecified atom stereocenters. The number of carboxylic acid groups (broad SMARTS) is 1. The van der Waals surface area contributed by atoms with Gasteiger partial charge in [-0.2, -0.15) is 0 Å². The first-order chi connectivity index (χ1) is 12.5.